The van der Waals surface area contributed by atoms with Crippen molar-refractivity contribution in [1.29, 1.82) is 0 Å². The molecule has 0 atom stereocenters. The molecule has 1 N–H and O–H groups in total. The van der Waals surface area contributed by atoms with Crippen LogP contribution in [0.25, 0.3) is 0 Å². The lowest BCUT2D eigenvalue weighted by molar-refractivity contribution is 0.288. The molecular formula is C16H26FN2OSi. The molecule has 0 spiro atoms. The summed E-state index contributed by atoms with van der Waals surface area (Å²) in [4.78, 5) is 2.11. The van der Waals surface area contributed by atoms with Crippen LogP contribution < -0.4 is 10.2 Å². The van der Waals surface area contributed by atoms with Crippen molar-refractivity contribution in [3.63, 3.8) is 0 Å². The van der Waals surface area contributed by atoms with Gasteiger partial charge in [0, 0.05) is 31.7 Å². The van der Waals surface area contributed by atoms with E-state index in [1.165, 1.54) is 0 Å². The molecule has 1 saturated heterocycles. The molecule has 1 aliphatic rings. The molecular weight excluding hydrogens is 283 g/mol. The molecule has 1 heterocycles. The van der Waals surface area contributed by atoms with Gasteiger partial charge in [0.15, 0.2) is 5.82 Å². The molecule has 3 nitrogen and oxygen atoms in total. The Labute approximate surface area is 129 Å². The molecule has 0 aromatic heterocycles. The van der Waals surface area contributed by atoms with Crippen molar-refractivity contribution in [2.24, 2.45) is 0 Å². The normalized spacial score (nSPS) is 16.6. The Hall–Kier alpha value is -0.913. The maximum absolute atomic E-state index is 14.7. The molecule has 1 fully saturated rings. The molecule has 5 heteroatoms. The van der Waals surface area contributed by atoms with E-state index in [1.807, 2.05) is 18.2 Å². The molecule has 0 amide bonds. The topological polar surface area (TPSA) is 24.5 Å². The molecule has 0 aliphatic carbocycles. The lowest BCUT2D eigenvalue weighted by Crippen LogP contribution is -2.44. The third-order valence-electron chi connectivity index (χ3n) is 4.02. The predicted octanol–water partition coefficient (Wildman–Crippen LogP) is 3.17. The third-order valence-corrected chi connectivity index (χ3v) is 6.71. The van der Waals surface area contributed by atoms with Crippen LogP contribution in [0.3, 0.4) is 0 Å². The Morgan fingerprint density at radius 2 is 1.95 bits per heavy atom. The van der Waals surface area contributed by atoms with Gasteiger partial charge >= 0.3 is 0 Å². The van der Waals surface area contributed by atoms with Gasteiger partial charge in [-0.05, 0) is 17.7 Å². The second-order valence-corrected chi connectivity index (χ2v) is 9.48. The minimum atomic E-state index is -0.946. The minimum Gasteiger partial charge on any atom is -0.412 e. The van der Waals surface area contributed by atoms with Gasteiger partial charge in [-0.25, -0.2) is 4.39 Å². The van der Waals surface area contributed by atoms with Crippen LogP contribution >= 0.6 is 0 Å². The maximum atomic E-state index is 14.7. The molecule has 1 aromatic carbocycles. The van der Waals surface area contributed by atoms with Crippen molar-refractivity contribution in [2.45, 2.75) is 39.0 Å². The fourth-order valence-corrected chi connectivity index (χ4v) is 3.04. The summed E-state index contributed by atoms with van der Waals surface area (Å²) >= 11 is 0. The molecule has 117 valence electrons. The van der Waals surface area contributed by atoms with Crippen molar-refractivity contribution < 1.29 is 8.82 Å². The van der Waals surface area contributed by atoms with E-state index >= 15 is 0 Å². The first kappa shape index (κ1) is 16.5. The number of rotatable bonds is 4. The summed E-state index contributed by atoms with van der Waals surface area (Å²) in [6.07, 6.45) is 0. The van der Waals surface area contributed by atoms with E-state index in [1.54, 1.807) is 0 Å². The summed E-state index contributed by atoms with van der Waals surface area (Å²) in [5.41, 5.74) is 1.37. The van der Waals surface area contributed by atoms with Gasteiger partial charge in [0.25, 0.3) is 0 Å². The Morgan fingerprint density at radius 1 is 1.29 bits per heavy atom. The maximum Gasteiger partial charge on any atom is 0.214 e. The number of nitrogens with one attached hydrogen (secondary N) is 1. The molecule has 0 bridgehead atoms. The van der Waals surface area contributed by atoms with Gasteiger partial charge in [0.2, 0.25) is 9.04 Å². The number of anilines is 1. The van der Waals surface area contributed by atoms with Crippen LogP contribution in [0.15, 0.2) is 18.2 Å². The zero-order chi connectivity index (χ0) is 15.5. The average Bonchev–Trinajstić information content (AvgIpc) is 2.46. The van der Waals surface area contributed by atoms with Crippen LogP contribution in [0.2, 0.25) is 11.6 Å². The second kappa shape index (κ2) is 6.90. The summed E-state index contributed by atoms with van der Waals surface area (Å²) in [7, 11) is -0.946. The van der Waals surface area contributed by atoms with E-state index in [0.717, 1.165) is 26.2 Å². The van der Waals surface area contributed by atoms with E-state index in [9.17, 15) is 4.39 Å². The van der Waals surface area contributed by atoms with E-state index in [4.69, 9.17) is 4.43 Å². The molecule has 1 radical (unpaired) electrons. The number of nitrogens with zero attached hydrogens (tertiary/aromatic N) is 1. The number of hydrogen-bond acceptors (Lipinski definition) is 3. The summed E-state index contributed by atoms with van der Waals surface area (Å²) < 4.78 is 20.6. The highest BCUT2D eigenvalue weighted by Gasteiger charge is 2.25. The van der Waals surface area contributed by atoms with Crippen LogP contribution in [-0.4, -0.2) is 35.2 Å². The van der Waals surface area contributed by atoms with Gasteiger partial charge in [0.05, 0.1) is 12.3 Å². The highest BCUT2D eigenvalue weighted by Crippen LogP contribution is 2.29. The fraction of sp³-hybridized carbons (Fsp3) is 0.625. The first-order chi connectivity index (χ1) is 9.89. The Balaban J connectivity index is 2.07. The zero-order valence-electron chi connectivity index (χ0n) is 13.5. The van der Waals surface area contributed by atoms with Gasteiger partial charge in [-0.2, -0.15) is 0 Å². The van der Waals surface area contributed by atoms with Crippen LogP contribution in [0.4, 0.5) is 10.1 Å². The number of halogens is 1. The summed E-state index contributed by atoms with van der Waals surface area (Å²) in [6.45, 7) is 12.6. The Kier molecular flexibility index (Phi) is 5.41. The minimum absolute atomic E-state index is 0.122. The first-order valence-corrected chi connectivity index (χ1v) is 9.50. The molecule has 1 aromatic rings. The summed E-state index contributed by atoms with van der Waals surface area (Å²) in [5, 5.41) is 3.45. The molecule has 0 unspecified atom stereocenters. The first-order valence-electron chi connectivity index (χ1n) is 7.59. The SMILES string of the molecule is C[Si](OCc1cccc(N2CCNCC2)c1F)C(C)(C)C. The third kappa shape index (κ3) is 4.28. The van der Waals surface area contributed by atoms with Gasteiger partial charge in [-0.3, -0.25) is 0 Å². The van der Waals surface area contributed by atoms with Crippen LogP contribution in [-0.2, 0) is 11.0 Å². The van der Waals surface area contributed by atoms with Gasteiger partial charge in [-0.1, -0.05) is 32.9 Å². The van der Waals surface area contributed by atoms with Crippen LogP contribution in [0, 0.1) is 5.82 Å². The molecule has 2 rings (SSSR count). The van der Waals surface area contributed by atoms with Crippen LogP contribution in [0.5, 0.6) is 0 Å². The quantitative estimate of drug-likeness (QED) is 0.865. The smallest absolute Gasteiger partial charge is 0.214 e. The largest absolute Gasteiger partial charge is 0.412 e. The highest BCUT2D eigenvalue weighted by molar-refractivity contribution is 6.53. The summed E-state index contributed by atoms with van der Waals surface area (Å²) in [6, 6.07) is 5.63. The van der Waals surface area contributed by atoms with Crippen LogP contribution in [0.1, 0.15) is 26.3 Å². The highest BCUT2D eigenvalue weighted by atomic mass is 28.3. The van der Waals surface area contributed by atoms with Gasteiger partial charge < -0.3 is 14.6 Å². The standard InChI is InChI=1S/C16H26FN2OSi/c1-16(2,3)21(4)20-12-13-6-5-7-14(15(13)17)19-10-8-18-9-11-19/h5-7,18H,8-12H2,1-4H3. The van der Waals surface area contributed by atoms with E-state index < -0.39 is 9.04 Å². The van der Waals surface area contributed by atoms with E-state index in [0.29, 0.717) is 17.9 Å². The number of benzene rings is 1. The van der Waals surface area contributed by atoms with Crippen molar-refractivity contribution in [3.8, 4) is 0 Å². The number of piperazine rings is 1. The molecule has 1 aliphatic heterocycles. The fourth-order valence-electron chi connectivity index (χ4n) is 2.23. The zero-order valence-corrected chi connectivity index (χ0v) is 14.5. The lowest BCUT2D eigenvalue weighted by Gasteiger charge is -2.30. The van der Waals surface area contributed by atoms with Gasteiger partial charge in [-0.15, -0.1) is 0 Å². The van der Waals surface area contributed by atoms with E-state index in [-0.39, 0.29) is 10.9 Å². The monoisotopic (exact) mass is 309 g/mol. The lowest BCUT2D eigenvalue weighted by atomic mass is 10.1. The van der Waals surface area contributed by atoms with Crippen molar-refractivity contribution in [1.82, 2.24) is 5.32 Å². The Bertz CT molecular complexity index is 470. The van der Waals surface area contributed by atoms with Gasteiger partial charge in [0.1, 0.15) is 0 Å². The predicted molar refractivity (Wildman–Crippen MR) is 87.6 cm³/mol. The number of hydrogen-bond donors (Lipinski definition) is 1. The van der Waals surface area contributed by atoms with E-state index in [2.05, 4.69) is 37.5 Å². The van der Waals surface area contributed by atoms with Crippen molar-refractivity contribution in [3.05, 3.63) is 29.6 Å². The summed E-state index contributed by atoms with van der Waals surface area (Å²) in [5.74, 6) is -0.122. The molecule has 0 saturated carbocycles. The Morgan fingerprint density at radius 3 is 2.57 bits per heavy atom. The average molecular weight is 309 g/mol. The van der Waals surface area contributed by atoms with Crippen molar-refractivity contribution >= 4 is 14.7 Å². The molecule has 21 heavy (non-hydrogen) atoms. The van der Waals surface area contributed by atoms with Crippen molar-refractivity contribution in [2.75, 3.05) is 31.1 Å². The second-order valence-electron chi connectivity index (χ2n) is 6.58.